The van der Waals surface area contributed by atoms with E-state index in [0.717, 1.165) is 39.0 Å². The second-order valence-corrected chi connectivity index (χ2v) is 7.22. The molecule has 23 heavy (non-hydrogen) atoms. The summed E-state index contributed by atoms with van der Waals surface area (Å²) < 4.78 is 5.53. The molecule has 1 atom stereocenters. The Morgan fingerprint density at radius 3 is 2.83 bits per heavy atom. The van der Waals surface area contributed by atoms with Crippen LogP contribution < -0.4 is 5.32 Å². The molecule has 1 aliphatic heterocycles. The molecule has 0 fully saturated rings. The zero-order valence-electron chi connectivity index (χ0n) is 15.6. The molecule has 132 valence electrons. The maximum absolute atomic E-state index is 5.53. The van der Waals surface area contributed by atoms with Crippen LogP contribution in [-0.2, 0) is 4.74 Å². The number of hydrogen-bond acceptors (Lipinski definition) is 5. The molecule has 0 aliphatic carbocycles. The number of likely N-dealkylation sites (N-methyl/N-ethyl adjacent to an activating group) is 1. The third kappa shape index (κ3) is 7.44. The summed E-state index contributed by atoms with van der Waals surface area (Å²) in [6, 6.07) is 0.288. The Labute approximate surface area is 146 Å². The van der Waals surface area contributed by atoms with Gasteiger partial charge in [-0.05, 0) is 51.8 Å². The van der Waals surface area contributed by atoms with Crippen molar-refractivity contribution >= 4 is 16.8 Å². The monoisotopic (exact) mass is 339 g/mol. The summed E-state index contributed by atoms with van der Waals surface area (Å²) >= 11 is 1.78. The highest BCUT2D eigenvalue weighted by Gasteiger charge is 2.18. The van der Waals surface area contributed by atoms with Gasteiger partial charge < -0.3 is 15.0 Å². The summed E-state index contributed by atoms with van der Waals surface area (Å²) in [6.45, 7) is 11.2. The fraction of sp³-hybridized carbons (Fsp3) is 0.722. The van der Waals surface area contributed by atoms with E-state index in [2.05, 4.69) is 51.2 Å². The lowest BCUT2D eigenvalue weighted by atomic mass is 10.1. The first-order valence-electron chi connectivity index (χ1n) is 8.56. The van der Waals surface area contributed by atoms with Gasteiger partial charge in [-0.25, -0.2) is 0 Å². The van der Waals surface area contributed by atoms with E-state index < -0.39 is 0 Å². The molecule has 5 heteroatoms. The van der Waals surface area contributed by atoms with Gasteiger partial charge in [-0.2, -0.15) is 0 Å². The highest BCUT2D eigenvalue weighted by molar-refractivity contribution is 8.17. The average molecular weight is 340 g/mol. The van der Waals surface area contributed by atoms with Crippen LogP contribution in [0.5, 0.6) is 0 Å². The van der Waals surface area contributed by atoms with Crippen molar-refractivity contribution in [3.8, 4) is 0 Å². The molecule has 0 saturated carbocycles. The number of nitrogens with zero attached hydrogens (tertiary/aromatic N) is 2. The molecule has 1 N–H and O–H groups in total. The second kappa shape index (κ2) is 10.8. The molecule has 1 heterocycles. The fourth-order valence-corrected chi connectivity index (χ4v) is 3.44. The van der Waals surface area contributed by atoms with E-state index >= 15 is 0 Å². The van der Waals surface area contributed by atoms with Crippen LogP contribution in [0.3, 0.4) is 0 Å². The van der Waals surface area contributed by atoms with Crippen molar-refractivity contribution in [2.45, 2.75) is 53.0 Å². The van der Waals surface area contributed by atoms with Crippen LogP contribution in [0.2, 0.25) is 0 Å². The van der Waals surface area contributed by atoms with Crippen LogP contribution in [0.4, 0.5) is 0 Å². The predicted molar refractivity (Wildman–Crippen MR) is 103 cm³/mol. The summed E-state index contributed by atoms with van der Waals surface area (Å²) in [5.74, 6) is 0. The van der Waals surface area contributed by atoms with Gasteiger partial charge in [0.15, 0.2) is 0 Å². The summed E-state index contributed by atoms with van der Waals surface area (Å²) in [4.78, 5) is 7.02. The molecule has 0 aromatic carbocycles. The predicted octanol–water partition coefficient (Wildman–Crippen LogP) is 4.01. The molecule has 0 amide bonds. The van der Waals surface area contributed by atoms with E-state index in [0.29, 0.717) is 0 Å². The molecule has 1 rings (SSSR count). The fourth-order valence-electron chi connectivity index (χ4n) is 2.36. The number of rotatable bonds is 10. The molecule has 1 unspecified atom stereocenters. The molecule has 0 aromatic rings. The van der Waals surface area contributed by atoms with Crippen LogP contribution in [0.25, 0.3) is 0 Å². The third-order valence-electron chi connectivity index (χ3n) is 3.88. The molecule has 4 nitrogen and oxygen atoms in total. The Morgan fingerprint density at radius 1 is 1.43 bits per heavy atom. The molecule has 0 aromatic heterocycles. The second-order valence-electron chi connectivity index (χ2n) is 6.13. The van der Waals surface area contributed by atoms with Crippen molar-refractivity contribution in [3.63, 3.8) is 0 Å². The first-order valence-corrected chi connectivity index (χ1v) is 9.37. The SMILES string of the molecule is CCCOCCN(C)/C=C(\C)CCC1=NC(C)C(C)=C(NC)S1. The molecule has 0 bridgehead atoms. The number of nitrogens with one attached hydrogen (secondary N) is 1. The lowest BCUT2D eigenvalue weighted by Crippen LogP contribution is -2.19. The number of hydrogen-bond donors (Lipinski definition) is 1. The summed E-state index contributed by atoms with van der Waals surface area (Å²) in [5, 5.41) is 5.78. The van der Waals surface area contributed by atoms with Gasteiger partial charge in [-0.15, -0.1) is 0 Å². The van der Waals surface area contributed by atoms with E-state index in [4.69, 9.17) is 9.73 Å². The van der Waals surface area contributed by atoms with Crippen molar-refractivity contribution in [1.82, 2.24) is 10.2 Å². The van der Waals surface area contributed by atoms with Gasteiger partial charge in [-0.3, -0.25) is 4.99 Å². The molecule has 0 radical (unpaired) electrons. The Morgan fingerprint density at radius 2 is 2.17 bits per heavy atom. The molecular weight excluding hydrogens is 306 g/mol. The minimum Gasteiger partial charge on any atom is -0.383 e. The van der Waals surface area contributed by atoms with Crippen molar-refractivity contribution in [3.05, 3.63) is 22.4 Å². The average Bonchev–Trinajstić information content (AvgIpc) is 2.52. The molecular formula is C18H33N3OS. The Hall–Kier alpha value is -0.940. The zero-order chi connectivity index (χ0) is 17.2. The number of ether oxygens (including phenoxy) is 1. The van der Waals surface area contributed by atoms with Gasteiger partial charge in [0.2, 0.25) is 0 Å². The zero-order valence-corrected chi connectivity index (χ0v) is 16.4. The van der Waals surface area contributed by atoms with Gasteiger partial charge in [-0.1, -0.05) is 24.3 Å². The highest BCUT2D eigenvalue weighted by Crippen LogP contribution is 2.30. The minimum absolute atomic E-state index is 0.288. The van der Waals surface area contributed by atoms with Crippen molar-refractivity contribution in [1.29, 1.82) is 0 Å². The van der Waals surface area contributed by atoms with E-state index in [1.54, 1.807) is 11.8 Å². The number of allylic oxidation sites excluding steroid dienone is 1. The maximum atomic E-state index is 5.53. The quantitative estimate of drug-likeness (QED) is 0.610. The Kier molecular flexibility index (Phi) is 9.41. The largest absolute Gasteiger partial charge is 0.383 e. The normalized spacial score (nSPS) is 19.0. The topological polar surface area (TPSA) is 36.9 Å². The Balaban J connectivity index is 2.39. The van der Waals surface area contributed by atoms with Crippen LogP contribution in [-0.4, -0.2) is 49.8 Å². The van der Waals surface area contributed by atoms with Gasteiger partial charge in [0.25, 0.3) is 0 Å². The van der Waals surface area contributed by atoms with Crippen LogP contribution >= 0.6 is 11.8 Å². The van der Waals surface area contributed by atoms with Crippen molar-refractivity contribution in [2.24, 2.45) is 4.99 Å². The van der Waals surface area contributed by atoms with Gasteiger partial charge in [0.1, 0.15) is 0 Å². The van der Waals surface area contributed by atoms with E-state index in [9.17, 15) is 0 Å². The Bertz CT molecular complexity index is 457. The van der Waals surface area contributed by atoms with Crippen LogP contribution in [0, 0.1) is 0 Å². The van der Waals surface area contributed by atoms with Crippen LogP contribution in [0.15, 0.2) is 27.4 Å². The molecule has 1 aliphatic rings. The summed E-state index contributed by atoms with van der Waals surface area (Å²) in [7, 11) is 4.10. The number of thioether (sulfide) groups is 1. The maximum Gasteiger partial charge on any atom is 0.0749 e. The standard InChI is InChI=1S/C18H33N3OS/c1-7-11-22-12-10-21(6)13-14(2)8-9-17-20-16(4)15(3)18(19-5)23-17/h13,16,19H,7-12H2,1-6H3/b14-13+. The first-order chi connectivity index (χ1) is 11.0. The van der Waals surface area contributed by atoms with Crippen LogP contribution in [0.1, 0.15) is 47.0 Å². The smallest absolute Gasteiger partial charge is 0.0749 e. The molecule has 0 saturated heterocycles. The highest BCUT2D eigenvalue weighted by atomic mass is 32.2. The van der Waals surface area contributed by atoms with Crippen molar-refractivity contribution < 1.29 is 4.74 Å². The van der Waals surface area contributed by atoms with Gasteiger partial charge >= 0.3 is 0 Å². The van der Waals surface area contributed by atoms with E-state index in [-0.39, 0.29) is 6.04 Å². The summed E-state index contributed by atoms with van der Waals surface area (Å²) in [5.41, 5.74) is 2.72. The lowest BCUT2D eigenvalue weighted by molar-refractivity contribution is 0.122. The summed E-state index contributed by atoms with van der Waals surface area (Å²) in [6.07, 6.45) is 5.37. The van der Waals surface area contributed by atoms with Gasteiger partial charge in [0, 0.05) is 27.2 Å². The van der Waals surface area contributed by atoms with Gasteiger partial charge in [0.05, 0.1) is 22.7 Å². The van der Waals surface area contributed by atoms with Crippen molar-refractivity contribution in [2.75, 3.05) is 33.9 Å². The first kappa shape index (κ1) is 20.1. The lowest BCUT2D eigenvalue weighted by Gasteiger charge is -2.22. The molecule has 0 spiro atoms. The third-order valence-corrected chi connectivity index (χ3v) is 5.16. The minimum atomic E-state index is 0.288. The van der Waals surface area contributed by atoms with E-state index in [1.807, 2.05) is 7.05 Å². The van der Waals surface area contributed by atoms with E-state index in [1.165, 1.54) is 21.2 Å². The number of aliphatic imine (C=N–C) groups is 1.